The molecule has 6 N–H and O–H groups in total. The van der Waals surface area contributed by atoms with Gasteiger partial charge < -0.3 is 40.6 Å². The van der Waals surface area contributed by atoms with E-state index in [0.29, 0.717) is 6.29 Å². The molecule has 1 amide bonds. The third-order valence-electron chi connectivity index (χ3n) is 3.22. The van der Waals surface area contributed by atoms with Gasteiger partial charge in [-0.25, -0.2) is 0 Å². The number of hydrogen-bond acceptors (Lipinski definition) is 8. The van der Waals surface area contributed by atoms with Gasteiger partial charge in [-0.15, -0.1) is 0 Å². The highest BCUT2D eigenvalue weighted by atomic mass is 16.6. The van der Waals surface area contributed by atoms with Gasteiger partial charge in [-0.05, 0) is 13.8 Å². The van der Waals surface area contributed by atoms with Gasteiger partial charge in [0.05, 0.1) is 18.7 Å². The van der Waals surface area contributed by atoms with E-state index >= 15 is 0 Å². The summed E-state index contributed by atoms with van der Waals surface area (Å²) in [7, 11) is 0. The number of carbonyl (C=O) groups is 2. The van der Waals surface area contributed by atoms with Crippen LogP contribution in [0.15, 0.2) is 0 Å². The number of hydrogen-bond donors (Lipinski definition) is 5. The van der Waals surface area contributed by atoms with Crippen molar-refractivity contribution in [2.75, 3.05) is 6.61 Å². The second kappa shape index (κ2) is 7.78. The van der Waals surface area contributed by atoms with E-state index < -0.39 is 55.3 Å². The molecule has 9 nitrogen and oxygen atoms in total. The summed E-state index contributed by atoms with van der Waals surface area (Å²) in [5, 5.41) is 31.0. The largest absolute Gasteiger partial charge is 0.394 e. The van der Waals surface area contributed by atoms with E-state index in [-0.39, 0.29) is 0 Å². The zero-order valence-electron chi connectivity index (χ0n) is 11.9. The van der Waals surface area contributed by atoms with E-state index in [4.69, 9.17) is 20.3 Å². The van der Waals surface area contributed by atoms with Gasteiger partial charge in [-0.1, -0.05) is 0 Å². The van der Waals surface area contributed by atoms with Gasteiger partial charge in [0.1, 0.15) is 30.7 Å². The maximum absolute atomic E-state index is 11.8. The highest BCUT2D eigenvalue weighted by molar-refractivity contribution is 5.83. The number of aldehydes is 1. The first-order valence-corrected chi connectivity index (χ1v) is 6.61. The fourth-order valence-electron chi connectivity index (χ4n) is 1.95. The smallest absolute Gasteiger partial charge is 0.249 e. The van der Waals surface area contributed by atoms with Crippen LogP contribution in [0.4, 0.5) is 0 Å². The average Bonchev–Trinajstić information content (AvgIpc) is 2.46. The van der Waals surface area contributed by atoms with Crippen LogP contribution in [0.3, 0.4) is 0 Å². The molecule has 1 aliphatic heterocycles. The molecule has 1 fully saturated rings. The molecule has 1 unspecified atom stereocenters. The number of nitrogens with one attached hydrogen (secondary N) is 1. The zero-order valence-corrected chi connectivity index (χ0v) is 11.9. The molecule has 1 aliphatic rings. The Hall–Kier alpha value is -1.10. The molecule has 0 aromatic heterocycles. The Balaban J connectivity index is 2.69. The minimum atomic E-state index is -1.43. The van der Waals surface area contributed by atoms with Crippen LogP contribution in [-0.2, 0) is 19.1 Å². The summed E-state index contributed by atoms with van der Waals surface area (Å²) >= 11 is 0. The molecule has 1 saturated heterocycles. The van der Waals surface area contributed by atoms with E-state index in [9.17, 15) is 19.8 Å². The van der Waals surface area contributed by atoms with Gasteiger partial charge in [0, 0.05) is 0 Å². The first-order valence-electron chi connectivity index (χ1n) is 6.61. The molecule has 0 aromatic carbocycles. The molecule has 21 heavy (non-hydrogen) atoms. The van der Waals surface area contributed by atoms with Crippen molar-refractivity contribution in [2.24, 2.45) is 5.73 Å². The van der Waals surface area contributed by atoms with Crippen molar-refractivity contribution in [1.82, 2.24) is 5.32 Å². The molecule has 0 saturated carbocycles. The highest BCUT2D eigenvalue weighted by Crippen LogP contribution is 2.22. The summed E-state index contributed by atoms with van der Waals surface area (Å²) in [6.07, 6.45) is -5.34. The Bertz CT molecular complexity index is 368. The summed E-state index contributed by atoms with van der Waals surface area (Å²) < 4.78 is 10.3. The van der Waals surface area contributed by atoms with Gasteiger partial charge in [0.15, 0.2) is 6.29 Å². The number of aliphatic hydroxyl groups excluding tert-OH is 3. The van der Waals surface area contributed by atoms with Crippen LogP contribution in [0.5, 0.6) is 0 Å². The number of rotatable bonds is 6. The second-order valence-electron chi connectivity index (χ2n) is 4.99. The molecule has 122 valence electrons. The molecule has 9 heteroatoms. The fourth-order valence-corrected chi connectivity index (χ4v) is 1.95. The summed E-state index contributed by atoms with van der Waals surface area (Å²) in [4.78, 5) is 22.3. The van der Waals surface area contributed by atoms with Crippen LogP contribution in [-0.4, -0.2) is 76.9 Å². The van der Waals surface area contributed by atoms with Crippen LogP contribution in [0.1, 0.15) is 13.8 Å². The maximum atomic E-state index is 11.8. The minimum Gasteiger partial charge on any atom is -0.394 e. The molecule has 0 radical (unpaired) electrons. The van der Waals surface area contributed by atoms with E-state index in [1.54, 1.807) is 0 Å². The lowest BCUT2D eigenvalue weighted by Crippen LogP contribution is -2.63. The standard InChI is InChI=1S/C12H22N2O7/c1-5(3-15)14-11(18)6(2)20-10-8(13)12(19)21-7(4-16)9(10)17/h3,5-10,12,16-17,19H,4,13H2,1-2H3,(H,14,18)/t5-,6?,7+,8+,9+,10+,12-/m0/s1. The van der Waals surface area contributed by atoms with Crippen LogP contribution in [0.2, 0.25) is 0 Å². The molecule has 7 atom stereocenters. The molecule has 1 rings (SSSR count). The monoisotopic (exact) mass is 306 g/mol. The lowest BCUT2D eigenvalue weighted by Gasteiger charge is -2.41. The summed E-state index contributed by atoms with van der Waals surface area (Å²) in [6.45, 7) is 2.38. The topological polar surface area (TPSA) is 151 Å². The Kier molecular flexibility index (Phi) is 6.65. The van der Waals surface area contributed by atoms with Gasteiger partial charge in [0.25, 0.3) is 0 Å². The Morgan fingerprint density at radius 3 is 2.62 bits per heavy atom. The van der Waals surface area contributed by atoms with Crippen molar-refractivity contribution in [3.63, 3.8) is 0 Å². The molecule has 0 aliphatic carbocycles. The summed E-state index contributed by atoms with van der Waals surface area (Å²) in [6, 6.07) is -1.76. The number of aliphatic hydroxyl groups is 3. The first kappa shape index (κ1) is 18.0. The molecular weight excluding hydrogens is 284 g/mol. The van der Waals surface area contributed by atoms with Crippen molar-refractivity contribution in [3.05, 3.63) is 0 Å². The van der Waals surface area contributed by atoms with E-state index in [0.717, 1.165) is 0 Å². The first-order chi connectivity index (χ1) is 9.81. The van der Waals surface area contributed by atoms with Crippen LogP contribution in [0, 0.1) is 0 Å². The molecule has 0 spiro atoms. The number of carbonyl (C=O) groups excluding carboxylic acids is 2. The van der Waals surface area contributed by atoms with Crippen LogP contribution in [0.25, 0.3) is 0 Å². The van der Waals surface area contributed by atoms with Crippen LogP contribution >= 0.6 is 0 Å². The number of nitrogens with two attached hydrogens (primary N) is 1. The summed E-state index contributed by atoms with van der Waals surface area (Å²) in [5.74, 6) is -0.560. The van der Waals surface area contributed by atoms with Crippen molar-refractivity contribution in [3.8, 4) is 0 Å². The lowest BCUT2D eigenvalue weighted by molar-refractivity contribution is -0.261. The second-order valence-corrected chi connectivity index (χ2v) is 4.99. The van der Waals surface area contributed by atoms with Crippen molar-refractivity contribution in [1.29, 1.82) is 0 Å². The Labute approximate surface area is 122 Å². The number of amides is 1. The van der Waals surface area contributed by atoms with Crippen molar-refractivity contribution in [2.45, 2.75) is 56.6 Å². The predicted molar refractivity (Wildman–Crippen MR) is 70.0 cm³/mol. The van der Waals surface area contributed by atoms with Gasteiger partial charge >= 0.3 is 0 Å². The minimum absolute atomic E-state index is 0.534. The van der Waals surface area contributed by atoms with E-state index in [2.05, 4.69) is 5.32 Å². The van der Waals surface area contributed by atoms with E-state index in [1.165, 1.54) is 13.8 Å². The fraction of sp³-hybridized carbons (Fsp3) is 0.833. The quantitative estimate of drug-likeness (QED) is 0.323. The summed E-state index contributed by atoms with van der Waals surface area (Å²) in [5.41, 5.74) is 5.68. The average molecular weight is 306 g/mol. The SMILES string of the molecule is CC(O[C@@H]1[C@@H](N)[C@@H](O)O[C@H](CO)[C@H]1O)C(=O)N[C@@H](C)C=O. The number of ether oxygens (including phenoxy) is 2. The highest BCUT2D eigenvalue weighted by Gasteiger charge is 2.44. The molecule has 0 bridgehead atoms. The maximum Gasteiger partial charge on any atom is 0.249 e. The predicted octanol–water partition coefficient (Wildman–Crippen LogP) is -3.14. The Morgan fingerprint density at radius 2 is 2.10 bits per heavy atom. The van der Waals surface area contributed by atoms with Gasteiger partial charge in [-0.3, -0.25) is 4.79 Å². The van der Waals surface area contributed by atoms with Crippen LogP contribution < -0.4 is 11.1 Å². The lowest BCUT2D eigenvalue weighted by atomic mass is 9.97. The molecule has 0 aromatic rings. The van der Waals surface area contributed by atoms with Crippen molar-refractivity contribution < 1.29 is 34.4 Å². The molecular formula is C12H22N2O7. The van der Waals surface area contributed by atoms with E-state index in [1.807, 2.05) is 0 Å². The zero-order chi connectivity index (χ0) is 16.2. The van der Waals surface area contributed by atoms with Gasteiger partial charge in [0.2, 0.25) is 5.91 Å². The third-order valence-corrected chi connectivity index (χ3v) is 3.22. The van der Waals surface area contributed by atoms with Gasteiger partial charge in [-0.2, -0.15) is 0 Å². The third kappa shape index (κ3) is 4.43. The normalized spacial score (nSPS) is 35.8. The molecule has 1 heterocycles. The Morgan fingerprint density at radius 1 is 1.48 bits per heavy atom. The van der Waals surface area contributed by atoms with Crippen molar-refractivity contribution >= 4 is 12.2 Å².